The van der Waals surface area contributed by atoms with Crippen molar-refractivity contribution in [2.24, 2.45) is 5.92 Å². The lowest BCUT2D eigenvalue weighted by molar-refractivity contribution is -0.117. The first kappa shape index (κ1) is 24.4. The molecule has 0 radical (unpaired) electrons. The summed E-state index contributed by atoms with van der Waals surface area (Å²) in [6.07, 6.45) is 5.11. The molecule has 1 N–H and O–H groups in total. The Morgan fingerprint density at radius 1 is 1.06 bits per heavy atom. The van der Waals surface area contributed by atoms with Crippen molar-refractivity contribution in [1.82, 2.24) is 0 Å². The van der Waals surface area contributed by atoms with E-state index in [9.17, 15) is 14.7 Å². The van der Waals surface area contributed by atoms with Gasteiger partial charge < -0.3 is 24.2 Å². The third-order valence-corrected chi connectivity index (χ3v) is 5.29. The number of carbonyl (C=O) groups is 2. The highest BCUT2D eigenvalue weighted by Gasteiger charge is 2.12. The Hall–Kier alpha value is -2.82. The molecule has 0 aliphatic carbocycles. The van der Waals surface area contributed by atoms with Crippen LogP contribution in [0, 0.1) is 12.8 Å². The van der Waals surface area contributed by atoms with Gasteiger partial charge in [0.15, 0.2) is 0 Å². The average molecular weight is 427 g/mol. The van der Waals surface area contributed by atoms with Crippen molar-refractivity contribution in [3.05, 3.63) is 53.1 Å². The molecule has 2 aromatic carbocycles. The van der Waals surface area contributed by atoms with E-state index in [2.05, 4.69) is 0 Å². The Labute approximate surface area is 185 Å². The second kappa shape index (κ2) is 12.8. The molecule has 1 unspecified atom stereocenters. The van der Waals surface area contributed by atoms with Crippen molar-refractivity contribution >= 4 is 12.1 Å². The van der Waals surface area contributed by atoms with Crippen LogP contribution in [0.25, 0.3) is 0 Å². The fraction of sp³-hybridized carbons (Fsp3) is 0.462. The molecule has 0 saturated heterocycles. The van der Waals surface area contributed by atoms with Crippen LogP contribution in [-0.2, 0) is 22.4 Å². The number of hydrogen-bond acceptors (Lipinski definition) is 5. The number of unbranched alkanes of at least 4 members (excludes halogenated alkanes) is 1. The van der Waals surface area contributed by atoms with Crippen molar-refractivity contribution in [3.63, 3.8) is 0 Å². The number of aromatic hydroxyl groups is 1. The lowest BCUT2D eigenvalue weighted by atomic mass is 9.96. The fourth-order valence-electron chi connectivity index (χ4n) is 3.33. The summed E-state index contributed by atoms with van der Waals surface area (Å²) in [5, 5.41) is 10.4. The number of phenols is 1. The van der Waals surface area contributed by atoms with E-state index < -0.39 is 0 Å². The summed E-state index contributed by atoms with van der Waals surface area (Å²) in [7, 11) is 0. The standard InChI is InChI=1S/C26H34O5/c1-19(14-15-27)18-23-10-13-25(21(3)26(23)29)31-17-5-4-16-30-24-11-8-22(9-12-24)7-6-20(2)28/h8-13,15,19,29H,4-7,14,16-18H2,1-3H3. The number of Topliss-reactive ketones (excluding diaryl/α,β-unsaturated/α-hetero) is 1. The van der Waals surface area contributed by atoms with Crippen LogP contribution in [0.15, 0.2) is 36.4 Å². The van der Waals surface area contributed by atoms with E-state index in [1.807, 2.05) is 50.2 Å². The van der Waals surface area contributed by atoms with Gasteiger partial charge in [0.2, 0.25) is 0 Å². The van der Waals surface area contributed by atoms with Crippen LogP contribution in [0.3, 0.4) is 0 Å². The first-order chi connectivity index (χ1) is 14.9. The lowest BCUT2D eigenvalue weighted by Crippen LogP contribution is -2.05. The molecular weight excluding hydrogens is 392 g/mol. The molecule has 0 bridgehead atoms. The van der Waals surface area contributed by atoms with E-state index in [1.54, 1.807) is 6.92 Å². The van der Waals surface area contributed by atoms with Gasteiger partial charge in [-0.15, -0.1) is 0 Å². The minimum absolute atomic E-state index is 0.200. The van der Waals surface area contributed by atoms with Gasteiger partial charge in [0, 0.05) is 18.4 Å². The molecule has 0 aliphatic rings. The lowest BCUT2D eigenvalue weighted by Gasteiger charge is -2.15. The summed E-state index contributed by atoms with van der Waals surface area (Å²) in [6, 6.07) is 11.6. The third kappa shape index (κ3) is 8.44. The summed E-state index contributed by atoms with van der Waals surface area (Å²) in [5.74, 6) is 2.17. The average Bonchev–Trinajstić information content (AvgIpc) is 2.74. The van der Waals surface area contributed by atoms with Crippen LogP contribution in [-0.4, -0.2) is 30.4 Å². The van der Waals surface area contributed by atoms with Crippen LogP contribution >= 0.6 is 0 Å². The zero-order chi connectivity index (χ0) is 22.6. The van der Waals surface area contributed by atoms with Gasteiger partial charge in [-0.2, -0.15) is 0 Å². The number of hydrogen-bond donors (Lipinski definition) is 1. The molecule has 0 aromatic heterocycles. The van der Waals surface area contributed by atoms with Crippen molar-refractivity contribution in [2.45, 2.75) is 59.3 Å². The Balaban J connectivity index is 1.70. The van der Waals surface area contributed by atoms with Gasteiger partial charge in [-0.05, 0) is 74.8 Å². The monoisotopic (exact) mass is 426 g/mol. The molecule has 0 fully saturated rings. The minimum atomic E-state index is 0.200. The normalized spacial score (nSPS) is 11.7. The topological polar surface area (TPSA) is 72.8 Å². The molecule has 2 rings (SSSR count). The maximum Gasteiger partial charge on any atom is 0.130 e. The Morgan fingerprint density at radius 2 is 1.74 bits per heavy atom. The summed E-state index contributed by atoms with van der Waals surface area (Å²) in [6.45, 7) is 6.61. The minimum Gasteiger partial charge on any atom is -0.507 e. The molecule has 0 saturated carbocycles. The molecule has 0 amide bonds. The van der Waals surface area contributed by atoms with Crippen LogP contribution in [0.4, 0.5) is 0 Å². The van der Waals surface area contributed by atoms with Crippen molar-refractivity contribution < 1.29 is 24.2 Å². The third-order valence-electron chi connectivity index (χ3n) is 5.29. The summed E-state index contributed by atoms with van der Waals surface area (Å²) in [5.41, 5.74) is 2.72. The highest BCUT2D eigenvalue weighted by molar-refractivity contribution is 5.75. The predicted octanol–water partition coefficient (Wildman–Crippen LogP) is 5.23. The van der Waals surface area contributed by atoms with Gasteiger partial charge in [-0.25, -0.2) is 0 Å². The smallest absolute Gasteiger partial charge is 0.130 e. The van der Waals surface area contributed by atoms with E-state index in [1.165, 1.54) is 0 Å². The Morgan fingerprint density at radius 3 is 2.39 bits per heavy atom. The summed E-state index contributed by atoms with van der Waals surface area (Å²) < 4.78 is 11.6. The molecule has 5 heteroatoms. The second-order valence-corrected chi connectivity index (χ2v) is 8.16. The van der Waals surface area contributed by atoms with E-state index >= 15 is 0 Å². The van der Waals surface area contributed by atoms with Gasteiger partial charge in [-0.3, -0.25) is 0 Å². The van der Waals surface area contributed by atoms with E-state index in [0.29, 0.717) is 38.2 Å². The first-order valence-corrected chi connectivity index (χ1v) is 11.0. The quantitative estimate of drug-likeness (QED) is 0.331. The zero-order valence-electron chi connectivity index (χ0n) is 18.9. The Kier molecular flexibility index (Phi) is 10.1. The number of aldehydes is 1. The fourth-order valence-corrected chi connectivity index (χ4v) is 3.33. The van der Waals surface area contributed by atoms with Crippen LogP contribution < -0.4 is 9.47 Å². The highest BCUT2D eigenvalue weighted by atomic mass is 16.5. The SMILES string of the molecule is CC(=O)CCc1ccc(OCCCCOc2ccc(CC(C)CC=O)c(O)c2C)cc1. The van der Waals surface area contributed by atoms with E-state index in [-0.39, 0.29) is 17.5 Å². The summed E-state index contributed by atoms with van der Waals surface area (Å²) in [4.78, 5) is 21.7. The van der Waals surface area contributed by atoms with E-state index in [0.717, 1.165) is 48.0 Å². The number of aryl methyl sites for hydroxylation is 1. The number of benzene rings is 2. The van der Waals surface area contributed by atoms with Crippen molar-refractivity contribution in [3.8, 4) is 17.2 Å². The second-order valence-electron chi connectivity index (χ2n) is 8.16. The van der Waals surface area contributed by atoms with Gasteiger partial charge in [-0.1, -0.05) is 25.1 Å². The number of ether oxygens (including phenoxy) is 2. The number of phenolic OH excluding ortho intramolecular Hbond substituents is 1. The van der Waals surface area contributed by atoms with Crippen LogP contribution in [0.5, 0.6) is 17.2 Å². The maximum absolute atomic E-state index is 11.1. The molecule has 0 spiro atoms. The molecule has 0 aliphatic heterocycles. The highest BCUT2D eigenvalue weighted by Crippen LogP contribution is 2.32. The van der Waals surface area contributed by atoms with Gasteiger partial charge in [0.25, 0.3) is 0 Å². The number of rotatable bonds is 14. The molecule has 2 aromatic rings. The molecule has 168 valence electrons. The van der Waals surface area contributed by atoms with E-state index in [4.69, 9.17) is 9.47 Å². The van der Waals surface area contributed by atoms with Crippen molar-refractivity contribution in [2.75, 3.05) is 13.2 Å². The molecule has 31 heavy (non-hydrogen) atoms. The largest absolute Gasteiger partial charge is 0.507 e. The first-order valence-electron chi connectivity index (χ1n) is 11.0. The van der Waals surface area contributed by atoms with Crippen molar-refractivity contribution in [1.29, 1.82) is 0 Å². The van der Waals surface area contributed by atoms with Crippen LogP contribution in [0.1, 0.15) is 56.2 Å². The number of carbonyl (C=O) groups excluding carboxylic acids is 2. The van der Waals surface area contributed by atoms with Gasteiger partial charge in [0.05, 0.1) is 13.2 Å². The molecule has 1 atom stereocenters. The van der Waals surface area contributed by atoms with Gasteiger partial charge in [0.1, 0.15) is 29.3 Å². The Bertz CT molecular complexity index is 842. The maximum atomic E-state index is 11.1. The van der Waals surface area contributed by atoms with Gasteiger partial charge >= 0.3 is 0 Å². The molecular formula is C26H34O5. The zero-order valence-corrected chi connectivity index (χ0v) is 18.9. The molecule has 0 heterocycles. The number of ketones is 1. The molecule has 5 nitrogen and oxygen atoms in total. The predicted molar refractivity (Wildman–Crippen MR) is 122 cm³/mol. The summed E-state index contributed by atoms with van der Waals surface area (Å²) >= 11 is 0. The van der Waals surface area contributed by atoms with Crippen LogP contribution in [0.2, 0.25) is 0 Å².